The van der Waals surface area contributed by atoms with Crippen LogP contribution in [0, 0.1) is 17.0 Å². The minimum absolute atomic E-state index is 0.107. The summed E-state index contributed by atoms with van der Waals surface area (Å²) in [6.07, 6.45) is -0.280. The lowest BCUT2D eigenvalue weighted by Crippen LogP contribution is -2.52. The molecule has 0 aromatic heterocycles. The van der Waals surface area contributed by atoms with E-state index in [4.69, 9.17) is 4.74 Å². The molecule has 37 heavy (non-hydrogen) atoms. The Balaban J connectivity index is 1.54. The number of carbonyl (C=O) groups is 3. The zero-order chi connectivity index (χ0) is 26.5. The summed E-state index contributed by atoms with van der Waals surface area (Å²) in [5, 5.41) is 19.3. The predicted molar refractivity (Wildman–Crippen MR) is 139 cm³/mol. The van der Waals surface area contributed by atoms with Crippen molar-refractivity contribution in [3.63, 3.8) is 0 Å². The van der Waals surface area contributed by atoms with E-state index in [0.717, 1.165) is 5.56 Å². The van der Waals surface area contributed by atoms with E-state index in [1.165, 1.54) is 25.3 Å². The van der Waals surface area contributed by atoms with Gasteiger partial charge in [-0.3, -0.25) is 24.5 Å². The van der Waals surface area contributed by atoms with Crippen molar-refractivity contribution in [3.8, 4) is 5.75 Å². The second kappa shape index (κ2) is 10.8. The maximum absolute atomic E-state index is 13.0. The van der Waals surface area contributed by atoms with E-state index in [9.17, 15) is 24.5 Å². The monoisotopic (exact) mass is 503 g/mol. The van der Waals surface area contributed by atoms with Crippen LogP contribution in [0.2, 0.25) is 0 Å². The number of nitro groups is 1. The molecule has 1 atom stereocenters. The number of methoxy groups -OCH3 is 1. The first-order chi connectivity index (χ1) is 17.7. The zero-order valence-corrected chi connectivity index (χ0v) is 20.2. The lowest BCUT2D eigenvalue weighted by atomic mass is 10.0. The number of aryl methyl sites for hydroxylation is 1. The molecule has 0 radical (unpaired) electrons. The molecule has 1 heterocycles. The number of amides is 3. The molecule has 0 bridgehead atoms. The second-order valence-electron chi connectivity index (χ2n) is 8.46. The molecule has 3 aromatic rings. The fraction of sp³-hybridized carbons (Fsp3) is 0.192. The molecule has 0 unspecified atom stereocenters. The summed E-state index contributed by atoms with van der Waals surface area (Å²) in [5.74, 6) is -1.21. The maximum Gasteiger partial charge on any atom is 0.273 e. The Morgan fingerprint density at radius 3 is 2.49 bits per heavy atom. The molecule has 3 aromatic carbocycles. The van der Waals surface area contributed by atoms with E-state index < -0.39 is 22.8 Å². The molecule has 11 heteroatoms. The molecule has 0 fully saturated rings. The number of benzene rings is 3. The van der Waals surface area contributed by atoms with Crippen LogP contribution in [0.1, 0.15) is 12.0 Å². The predicted octanol–water partition coefficient (Wildman–Crippen LogP) is 3.71. The minimum Gasteiger partial charge on any atom is -0.494 e. The zero-order valence-electron chi connectivity index (χ0n) is 20.2. The van der Waals surface area contributed by atoms with Gasteiger partial charge in [-0.25, -0.2) is 0 Å². The van der Waals surface area contributed by atoms with Gasteiger partial charge in [0.05, 0.1) is 48.1 Å². The Hall–Kier alpha value is -4.93. The van der Waals surface area contributed by atoms with Crippen molar-refractivity contribution >= 4 is 46.2 Å². The van der Waals surface area contributed by atoms with Gasteiger partial charge in [-0.1, -0.05) is 29.8 Å². The van der Waals surface area contributed by atoms with Crippen molar-refractivity contribution in [2.24, 2.45) is 0 Å². The van der Waals surface area contributed by atoms with Crippen LogP contribution in [0.15, 0.2) is 66.7 Å². The van der Waals surface area contributed by atoms with E-state index in [1.807, 2.05) is 19.1 Å². The van der Waals surface area contributed by atoms with Gasteiger partial charge in [0.15, 0.2) is 0 Å². The van der Waals surface area contributed by atoms with Gasteiger partial charge in [-0.15, -0.1) is 0 Å². The molecule has 0 aliphatic carbocycles. The molecule has 1 aliphatic rings. The van der Waals surface area contributed by atoms with Gasteiger partial charge in [0, 0.05) is 11.8 Å². The summed E-state index contributed by atoms with van der Waals surface area (Å²) in [5.41, 5.74) is 2.83. The van der Waals surface area contributed by atoms with Gasteiger partial charge in [0.2, 0.25) is 17.7 Å². The van der Waals surface area contributed by atoms with E-state index in [-0.39, 0.29) is 36.0 Å². The summed E-state index contributed by atoms with van der Waals surface area (Å²) >= 11 is 0. The fourth-order valence-corrected chi connectivity index (χ4v) is 4.02. The molecular formula is C26H25N5O6. The molecular weight excluding hydrogens is 478 g/mol. The summed E-state index contributed by atoms with van der Waals surface area (Å²) in [4.78, 5) is 51.0. The number of nitrogens with zero attached hydrogens (tertiary/aromatic N) is 2. The van der Waals surface area contributed by atoms with Crippen molar-refractivity contribution in [1.29, 1.82) is 0 Å². The second-order valence-corrected chi connectivity index (χ2v) is 8.46. The highest BCUT2D eigenvalue weighted by atomic mass is 16.6. The molecule has 11 nitrogen and oxygen atoms in total. The summed E-state index contributed by atoms with van der Waals surface area (Å²) in [7, 11) is 1.33. The number of fused-ring (bicyclic) bond motifs is 1. The number of nitro benzene ring substituents is 1. The first kappa shape index (κ1) is 25.2. The fourth-order valence-electron chi connectivity index (χ4n) is 4.02. The molecule has 0 saturated carbocycles. The average molecular weight is 504 g/mol. The highest BCUT2D eigenvalue weighted by Crippen LogP contribution is 2.33. The van der Waals surface area contributed by atoms with Gasteiger partial charge in [0.25, 0.3) is 5.69 Å². The van der Waals surface area contributed by atoms with E-state index in [2.05, 4.69) is 16.0 Å². The summed E-state index contributed by atoms with van der Waals surface area (Å²) in [6.45, 7) is 1.77. The normalized spacial score (nSPS) is 14.3. The van der Waals surface area contributed by atoms with Gasteiger partial charge in [0.1, 0.15) is 11.8 Å². The standard InChI is InChI=1S/C26H25N5O6/c1-16-7-9-17(10-8-16)27-25(33)15-30-21-6-4-3-5-19(21)29-26(34)22(30)14-24(32)28-20-12-11-18(31(35)36)13-23(20)37-2/h3-13,22H,14-15H2,1-2H3,(H,27,33)(H,28,32)(H,29,34)/t22-/m0/s1. The topological polar surface area (TPSA) is 143 Å². The largest absolute Gasteiger partial charge is 0.494 e. The Kier molecular flexibility index (Phi) is 7.33. The van der Waals surface area contributed by atoms with E-state index in [0.29, 0.717) is 17.1 Å². The number of anilines is 4. The average Bonchev–Trinajstić information content (AvgIpc) is 2.87. The number of hydrogen-bond acceptors (Lipinski definition) is 7. The number of hydrogen-bond donors (Lipinski definition) is 3. The number of carbonyl (C=O) groups excluding carboxylic acids is 3. The Morgan fingerprint density at radius 2 is 1.78 bits per heavy atom. The SMILES string of the molecule is COc1cc([N+](=O)[O-])ccc1NC(=O)C[C@H]1C(=O)Nc2ccccc2N1CC(=O)Nc1ccc(C)cc1. The van der Waals surface area contributed by atoms with Crippen LogP contribution in [0.4, 0.5) is 28.4 Å². The van der Waals surface area contributed by atoms with Crippen molar-refractivity contribution in [2.45, 2.75) is 19.4 Å². The van der Waals surface area contributed by atoms with Gasteiger partial charge in [-0.2, -0.15) is 0 Å². The van der Waals surface area contributed by atoms with Crippen LogP contribution >= 0.6 is 0 Å². The third-order valence-electron chi connectivity index (χ3n) is 5.85. The molecule has 0 saturated heterocycles. The summed E-state index contributed by atoms with van der Waals surface area (Å²) < 4.78 is 5.17. The van der Waals surface area contributed by atoms with Crippen LogP contribution in [-0.2, 0) is 14.4 Å². The maximum atomic E-state index is 13.0. The molecule has 3 N–H and O–H groups in total. The van der Waals surface area contributed by atoms with Crippen molar-refractivity contribution in [2.75, 3.05) is 34.5 Å². The number of nitrogens with one attached hydrogen (secondary N) is 3. The number of rotatable bonds is 8. The Labute approximate surface area is 212 Å². The quantitative estimate of drug-likeness (QED) is 0.314. The summed E-state index contributed by atoms with van der Waals surface area (Å²) in [6, 6.07) is 17.1. The van der Waals surface area contributed by atoms with Crippen LogP contribution < -0.4 is 25.6 Å². The number of para-hydroxylation sites is 2. The highest BCUT2D eigenvalue weighted by molar-refractivity contribution is 6.08. The van der Waals surface area contributed by atoms with Crippen LogP contribution in [0.25, 0.3) is 0 Å². The lowest BCUT2D eigenvalue weighted by Gasteiger charge is -2.37. The van der Waals surface area contributed by atoms with Crippen molar-refractivity contribution in [1.82, 2.24) is 0 Å². The highest BCUT2D eigenvalue weighted by Gasteiger charge is 2.35. The number of ether oxygens (including phenoxy) is 1. The van der Waals surface area contributed by atoms with Gasteiger partial charge in [-0.05, 0) is 37.3 Å². The third kappa shape index (κ3) is 5.84. The van der Waals surface area contributed by atoms with E-state index >= 15 is 0 Å². The smallest absolute Gasteiger partial charge is 0.273 e. The molecule has 190 valence electrons. The van der Waals surface area contributed by atoms with Gasteiger partial charge < -0.3 is 25.6 Å². The van der Waals surface area contributed by atoms with Crippen LogP contribution in [-0.4, -0.2) is 42.3 Å². The van der Waals surface area contributed by atoms with Crippen molar-refractivity contribution in [3.05, 3.63) is 82.4 Å². The Bertz CT molecular complexity index is 1360. The molecule has 1 aliphatic heterocycles. The lowest BCUT2D eigenvalue weighted by molar-refractivity contribution is -0.384. The Morgan fingerprint density at radius 1 is 1.05 bits per heavy atom. The molecule has 3 amide bonds. The van der Waals surface area contributed by atoms with E-state index in [1.54, 1.807) is 41.3 Å². The van der Waals surface area contributed by atoms with Crippen molar-refractivity contribution < 1.29 is 24.0 Å². The van der Waals surface area contributed by atoms with Crippen LogP contribution in [0.5, 0.6) is 5.75 Å². The first-order valence-corrected chi connectivity index (χ1v) is 11.4. The first-order valence-electron chi connectivity index (χ1n) is 11.4. The number of non-ortho nitro benzene ring substituents is 1. The third-order valence-corrected chi connectivity index (χ3v) is 5.85. The van der Waals surface area contributed by atoms with Gasteiger partial charge >= 0.3 is 0 Å². The molecule has 0 spiro atoms. The molecule has 4 rings (SSSR count). The van der Waals surface area contributed by atoms with Crippen LogP contribution in [0.3, 0.4) is 0 Å². The minimum atomic E-state index is -0.984.